The molecule has 0 spiro atoms. The van der Waals surface area contributed by atoms with E-state index in [1.165, 1.54) is 0 Å². The highest BCUT2D eigenvalue weighted by atomic mass is 16.3. The molecule has 0 atom stereocenters. The average Bonchev–Trinajstić information content (AvgIpc) is 2.99. The molecule has 0 aliphatic carbocycles. The van der Waals surface area contributed by atoms with Crippen molar-refractivity contribution in [3.63, 3.8) is 0 Å². The van der Waals surface area contributed by atoms with Crippen molar-refractivity contribution >= 4 is 16.8 Å². The van der Waals surface area contributed by atoms with Crippen LogP contribution in [-0.4, -0.2) is 29.1 Å². The van der Waals surface area contributed by atoms with Gasteiger partial charge >= 0.3 is 0 Å². The van der Waals surface area contributed by atoms with Crippen LogP contribution in [0.15, 0.2) is 30.5 Å². The summed E-state index contributed by atoms with van der Waals surface area (Å²) in [6.07, 6.45) is 4.44. The van der Waals surface area contributed by atoms with E-state index in [2.05, 4.69) is 24.1 Å². The lowest BCUT2D eigenvalue weighted by atomic mass is 9.79. The molecule has 0 aliphatic heterocycles. The SMILES string of the molecule is CCC(CC)(CCO)CNC(=O)c1cccc2cc[nH]c12. The maximum atomic E-state index is 12.4. The summed E-state index contributed by atoms with van der Waals surface area (Å²) in [7, 11) is 0. The summed E-state index contributed by atoms with van der Waals surface area (Å²) in [5, 5.41) is 13.3. The first-order chi connectivity index (χ1) is 10.2. The molecule has 0 bridgehead atoms. The van der Waals surface area contributed by atoms with Crippen LogP contribution in [0, 0.1) is 5.41 Å². The van der Waals surface area contributed by atoms with E-state index >= 15 is 0 Å². The summed E-state index contributed by atoms with van der Waals surface area (Å²) in [4.78, 5) is 15.6. The van der Waals surface area contributed by atoms with Crippen molar-refractivity contribution in [1.82, 2.24) is 10.3 Å². The molecule has 0 saturated heterocycles. The van der Waals surface area contributed by atoms with Crippen molar-refractivity contribution < 1.29 is 9.90 Å². The number of para-hydroxylation sites is 1. The zero-order valence-corrected chi connectivity index (χ0v) is 12.8. The number of benzene rings is 1. The van der Waals surface area contributed by atoms with Crippen molar-refractivity contribution in [2.45, 2.75) is 33.1 Å². The van der Waals surface area contributed by atoms with Gasteiger partial charge in [-0.25, -0.2) is 0 Å². The summed E-state index contributed by atoms with van der Waals surface area (Å²) in [5.41, 5.74) is 1.52. The van der Waals surface area contributed by atoms with Gasteiger partial charge in [-0.3, -0.25) is 4.79 Å². The second-order valence-corrected chi connectivity index (χ2v) is 5.61. The maximum absolute atomic E-state index is 12.4. The predicted octanol–water partition coefficient (Wildman–Crippen LogP) is 3.09. The molecule has 4 heteroatoms. The van der Waals surface area contributed by atoms with Crippen molar-refractivity contribution in [1.29, 1.82) is 0 Å². The summed E-state index contributed by atoms with van der Waals surface area (Å²) in [6, 6.07) is 7.67. The van der Waals surface area contributed by atoms with Crippen molar-refractivity contribution in [2.75, 3.05) is 13.2 Å². The van der Waals surface area contributed by atoms with Crippen LogP contribution in [0.1, 0.15) is 43.5 Å². The maximum Gasteiger partial charge on any atom is 0.253 e. The molecule has 4 nitrogen and oxygen atoms in total. The first kappa shape index (κ1) is 15.6. The molecule has 0 saturated carbocycles. The number of H-pyrrole nitrogens is 1. The summed E-state index contributed by atoms with van der Waals surface area (Å²) >= 11 is 0. The first-order valence-electron chi connectivity index (χ1n) is 7.61. The zero-order valence-electron chi connectivity index (χ0n) is 12.8. The number of aromatic amines is 1. The molecule has 0 fully saturated rings. The van der Waals surface area contributed by atoms with Crippen molar-refractivity contribution in [2.24, 2.45) is 5.41 Å². The lowest BCUT2D eigenvalue weighted by molar-refractivity contribution is 0.0909. The van der Waals surface area contributed by atoms with Gasteiger partial charge in [-0.2, -0.15) is 0 Å². The minimum Gasteiger partial charge on any atom is -0.396 e. The molecule has 1 heterocycles. The average molecular weight is 288 g/mol. The highest BCUT2D eigenvalue weighted by Gasteiger charge is 2.26. The van der Waals surface area contributed by atoms with Gasteiger partial charge in [0.15, 0.2) is 0 Å². The first-order valence-corrected chi connectivity index (χ1v) is 7.61. The van der Waals surface area contributed by atoms with Crippen LogP contribution >= 0.6 is 0 Å². The minimum atomic E-state index is -0.0627. The smallest absolute Gasteiger partial charge is 0.253 e. The molecular weight excluding hydrogens is 264 g/mol. The normalized spacial score (nSPS) is 11.8. The third-order valence-electron chi connectivity index (χ3n) is 4.60. The summed E-state index contributed by atoms with van der Waals surface area (Å²) in [5.74, 6) is -0.0627. The third-order valence-corrected chi connectivity index (χ3v) is 4.60. The Hall–Kier alpha value is -1.81. The molecule has 1 amide bonds. The van der Waals surface area contributed by atoms with E-state index in [4.69, 9.17) is 0 Å². The topological polar surface area (TPSA) is 65.1 Å². The number of carbonyl (C=O) groups is 1. The van der Waals surface area contributed by atoms with Gasteiger partial charge in [0.25, 0.3) is 5.91 Å². The fourth-order valence-corrected chi connectivity index (χ4v) is 2.82. The number of fused-ring (bicyclic) bond motifs is 1. The molecule has 0 unspecified atom stereocenters. The Morgan fingerprint density at radius 2 is 2.05 bits per heavy atom. The van der Waals surface area contributed by atoms with Crippen LogP contribution in [-0.2, 0) is 0 Å². The molecular formula is C17H24N2O2. The van der Waals surface area contributed by atoms with Gasteiger partial charge < -0.3 is 15.4 Å². The van der Waals surface area contributed by atoms with Crippen LogP contribution in [0.25, 0.3) is 10.9 Å². The molecule has 0 radical (unpaired) electrons. The number of aliphatic hydroxyl groups excluding tert-OH is 1. The second kappa shape index (κ2) is 6.76. The van der Waals surface area contributed by atoms with Gasteiger partial charge in [-0.05, 0) is 36.8 Å². The van der Waals surface area contributed by atoms with E-state index in [0.29, 0.717) is 18.5 Å². The van der Waals surface area contributed by atoms with Gasteiger partial charge in [0.05, 0.1) is 11.1 Å². The Morgan fingerprint density at radius 3 is 2.71 bits per heavy atom. The van der Waals surface area contributed by atoms with Gasteiger partial charge in [-0.15, -0.1) is 0 Å². The van der Waals surface area contributed by atoms with Crippen LogP contribution in [0.5, 0.6) is 0 Å². The monoisotopic (exact) mass is 288 g/mol. The lowest BCUT2D eigenvalue weighted by Crippen LogP contribution is -2.37. The van der Waals surface area contributed by atoms with Gasteiger partial charge in [-0.1, -0.05) is 26.0 Å². The molecule has 2 aromatic rings. The van der Waals surface area contributed by atoms with Gasteiger partial charge in [0.1, 0.15) is 0 Å². The largest absolute Gasteiger partial charge is 0.396 e. The van der Waals surface area contributed by atoms with Crippen LogP contribution in [0.3, 0.4) is 0 Å². The number of aromatic nitrogens is 1. The highest BCUT2D eigenvalue weighted by Crippen LogP contribution is 2.29. The van der Waals surface area contributed by atoms with Gasteiger partial charge in [0.2, 0.25) is 0 Å². The minimum absolute atomic E-state index is 0.0198. The third kappa shape index (κ3) is 3.27. The van der Waals surface area contributed by atoms with E-state index in [-0.39, 0.29) is 17.9 Å². The van der Waals surface area contributed by atoms with E-state index < -0.39 is 0 Å². The predicted molar refractivity (Wildman–Crippen MR) is 85.3 cm³/mol. The molecule has 114 valence electrons. The van der Waals surface area contributed by atoms with Crippen LogP contribution < -0.4 is 5.32 Å². The Balaban J connectivity index is 2.12. The number of hydrogen-bond donors (Lipinski definition) is 3. The van der Waals surface area contributed by atoms with Crippen molar-refractivity contribution in [3.05, 3.63) is 36.0 Å². The standard InChI is InChI=1S/C17H24N2O2/c1-3-17(4-2,9-11-20)12-19-16(21)14-7-5-6-13-8-10-18-15(13)14/h5-8,10,18,20H,3-4,9,11-12H2,1-2H3,(H,19,21). The Morgan fingerprint density at radius 1 is 1.29 bits per heavy atom. The Labute approximate surface area is 125 Å². The van der Waals surface area contributed by atoms with E-state index in [1.807, 2.05) is 30.5 Å². The Bertz CT molecular complexity index is 600. The van der Waals surface area contributed by atoms with Crippen molar-refractivity contribution in [3.8, 4) is 0 Å². The fraction of sp³-hybridized carbons (Fsp3) is 0.471. The number of nitrogens with one attached hydrogen (secondary N) is 2. The quantitative estimate of drug-likeness (QED) is 0.733. The van der Waals surface area contributed by atoms with E-state index in [0.717, 1.165) is 23.7 Å². The number of rotatable bonds is 7. The van der Waals surface area contributed by atoms with E-state index in [9.17, 15) is 9.90 Å². The van der Waals surface area contributed by atoms with E-state index in [1.54, 1.807) is 0 Å². The number of aliphatic hydroxyl groups is 1. The van der Waals surface area contributed by atoms with Crippen LogP contribution in [0.4, 0.5) is 0 Å². The lowest BCUT2D eigenvalue weighted by Gasteiger charge is -2.31. The summed E-state index contributed by atoms with van der Waals surface area (Å²) < 4.78 is 0. The molecule has 1 aromatic heterocycles. The number of hydrogen-bond acceptors (Lipinski definition) is 2. The molecule has 2 rings (SSSR count). The van der Waals surface area contributed by atoms with Crippen LogP contribution in [0.2, 0.25) is 0 Å². The molecule has 1 aromatic carbocycles. The molecule has 21 heavy (non-hydrogen) atoms. The molecule has 3 N–H and O–H groups in total. The second-order valence-electron chi connectivity index (χ2n) is 5.61. The number of carbonyl (C=O) groups excluding carboxylic acids is 1. The zero-order chi connectivity index (χ0) is 15.3. The fourth-order valence-electron chi connectivity index (χ4n) is 2.82. The molecule has 0 aliphatic rings. The van der Waals surface area contributed by atoms with Gasteiger partial charge in [0, 0.05) is 24.7 Å². The highest BCUT2D eigenvalue weighted by molar-refractivity contribution is 6.05. The Kier molecular flexibility index (Phi) is 5.02. The number of amides is 1. The summed E-state index contributed by atoms with van der Waals surface area (Å²) in [6.45, 7) is 4.97.